The van der Waals surface area contributed by atoms with Crippen LogP contribution in [0.2, 0.25) is 5.02 Å². The molecule has 0 aliphatic heterocycles. The number of fused-ring (bicyclic) bond motifs is 1. The van der Waals surface area contributed by atoms with Crippen LogP contribution in [0.1, 0.15) is 4.88 Å². The zero-order valence-electron chi connectivity index (χ0n) is 15.5. The number of nitrogens with one attached hydrogen (secondary N) is 1. The molecule has 5 aromatic rings. The highest BCUT2D eigenvalue weighted by atomic mass is 35.5. The molecule has 5 rings (SSSR count). The maximum absolute atomic E-state index is 6.01. The molecule has 2 aromatic heterocycles. The zero-order valence-corrected chi connectivity index (χ0v) is 17.1. The van der Waals surface area contributed by atoms with Crippen molar-refractivity contribution in [2.24, 2.45) is 0 Å². The SMILES string of the molecule is Cc1sc(-c2ccccc2)nc1-c1ccc(Nc2nc3cc(Cl)ccc3o2)cc1. The summed E-state index contributed by atoms with van der Waals surface area (Å²) in [6.45, 7) is 2.11. The Kier molecular flexibility index (Phi) is 4.54. The van der Waals surface area contributed by atoms with Crippen LogP contribution in [0, 0.1) is 6.92 Å². The molecule has 3 aromatic carbocycles. The fourth-order valence-corrected chi connectivity index (χ4v) is 4.26. The second kappa shape index (κ2) is 7.35. The summed E-state index contributed by atoms with van der Waals surface area (Å²) in [7, 11) is 0. The van der Waals surface area contributed by atoms with Gasteiger partial charge in [-0.1, -0.05) is 54.1 Å². The third-order valence-electron chi connectivity index (χ3n) is 4.58. The van der Waals surface area contributed by atoms with Gasteiger partial charge in [0.25, 0.3) is 6.01 Å². The van der Waals surface area contributed by atoms with Gasteiger partial charge in [-0.15, -0.1) is 11.3 Å². The zero-order chi connectivity index (χ0) is 19.8. The van der Waals surface area contributed by atoms with E-state index in [2.05, 4.69) is 41.5 Å². The van der Waals surface area contributed by atoms with Gasteiger partial charge in [0, 0.05) is 26.7 Å². The van der Waals surface area contributed by atoms with Gasteiger partial charge in [0.1, 0.15) is 10.5 Å². The first-order chi connectivity index (χ1) is 14.2. The highest BCUT2D eigenvalue weighted by Crippen LogP contribution is 2.34. The Morgan fingerprint density at radius 3 is 2.48 bits per heavy atom. The highest BCUT2D eigenvalue weighted by Gasteiger charge is 2.12. The number of anilines is 2. The largest absolute Gasteiger partial charge is 0.423 e. The average Bonchev–Trinajstić information content (AvgIpc) is 3.32. The summed E-state index contributed by atoms with van der Waals surface area (Å²) in [5, 5.41) is 4.87. The van der Waals surface area contributed by atoms with Gasteiger partial charge >= 0.3 is 0 Å². The number of hydrogen-bond donors (Lipinski definition) is 1. The van der Waals surface area contributed by atoms with E-state index in [1.54, 1.807) is 23.5 Å². The van der Waals surface area contributed by atoms with Gasteiger partial charge < -0.3 is 9.73 Å². The summed E-state index contributed by atoms with van der Waals surface area (Å²) in [6.07, 6.45) is 0. The number of thiazole rings is 1. The number of oxazole rings is 1. The quantitative estimate of drug-likeness (QED) is 0.332. The van der Waals surface area contributed by atoms with E-state index in [0.29, 0.717) is 16.6 Å². The minimum absolute atomic E-state index is 0.436. The van der Waals surface area contributed by atoms with Crippen LogP contribution >= 0.6 is 22.9 Å². The molecule has 0 saturated heterocycles. The van der Waals surface area contributed by atoms with E-state index in [9.17, 15) is 0 Å². The highest BCUT2D eigenvalue weighted by molar-refractivity contribution is 7.15. The maximum atomic E-state index is 6.01. The molecule has 142 valence electrons. The molecule has 0 spiro atoms. The molecule has 0 unspecified atom stereocenters. The molecule has 0 aliphatic rings. The van der Waals surface area contributed by atoms with Crippen molar-refractivity contribution in [3.63, 3.8) is 0 Å². The average molecular weight is 418 g/mol. The van der Waals surface area contributed by atoms with Gasteiger partial charge in [-0.2, -0.15) is 4.98 Å². The second-order valence-corrected chi connectivity index (χ2v) is 8.26. The third-order valence-corrected chi connectivity index (χ3v) is 5.83. The van der Waals surface area contributed by atoms with Crippen LogP contribution in [0.4, 0.5) is 11.7 Å². The molecule has 0 atom stereocenters. The second-order valence-electron chi connectivity index (χ2n) is 6.62. The van der Waals surface area contributed by atoms with E-state index in [-0.39, 0.29) is 0 Å². The number of benzene rings is 3. The monoisotopic (exact) mass is 417 g/mol. The number of nitrogens with zero attached hydrogens (tertiary/aromatic N) is 2. The minimum atomic E-state index is 0.436. The minimum Gasteiger partial charge on any atom is -0.423 e. The van der Waals surface area contributed by atoms with Crippen molar-refractivity contribution in [1.29, 1.82) is 0 Å². The van der Waals surface area contributed by atoms with Crippen LogP contribution in [0.15, 0.2) is 77.2 Å². The molecule has 29 heavy (non-hydrogen) atoms. The van der Waals surface area contributed by atoms with Crippen molar-refractivity contribution in [3.05, 3.63) is 82.7 Å². The lowest BCUT2D eigenvalue weighted by molar-refractivity contribution is 0.623. The predicted octanol–water partition coefficient (Wildman–Crippen LogP) is 7.32. The lowest BCUT2D eigenvalue weighted by Crippen LogP contribution is -1.90. The first-order valence-electron chi connectivity index (χ1n) is 9.12. The Balaban J connectivity index is 1.39. The molecule has 1 N–H and O–H groups in total. The molecule has 6 heteroatoms. The molecule has 0 fully saturated rings. The van der Waals surface area contributed by atoms with Crippen LogP contribution in [0.3, 0.4) is 0 Å². The van der Waals surface area contributed by atoms with Gasteiger partial charge in [0.05, 0.1) is 5.69 Å². The van der Waals surface area contributed by atoms with E-state index in [0.717, 1.165) is 33.0 Å². The van der Waals surface area contributed by atoms with E-state index >= 15 is 0 Å². The number of aryl methyl sites for hydroxylation is 1. The summed E-state index contributed by atoms with van der Waals surface area (Å²) in [6, 6.07) is 24.2. The lowest BCUT2D eigenvalue weighted by atomic mass is 10.1. The van der Waals surface area contributed by atoms with E-state index in [1.807, 2.05) is 36.4 Å². The summed E-state index contributed by atoms with van der Waals surface area (Å²) >= 11 is 7.72. The van der Waals surface area contributed by atoms with E-state index < -0.39 is 0 Å². The Hall–Kier alpha value is -3.15. The fraction of sp³-hybridized carbons (Fsp3) is 0.0435. The van der Waals surface area contributed by atoms with Gasteiger partial charge in [0.15, 0.2) is 5.58 Å². The normalized spacial score (nSPS) is 11.1. The van der Waals surface area contributed by atoms with Crippen LogP contribution in [0.5, 0.6) is 0 Å². The maximum Gasteiger partial charge on any atom is 0.300 e. The van der Waals surface area contributed by atoms with Gasteiger partial charge in [-0.25, -0.2) is 4.98 Å². The van der Waals surface area contributed by atoms with E-state index in [4.69, 9.17) is 21.0 Å². The molecule has 0 amide bonds. The number of hydrogen-bond acceptors (Lipinski definition) is 5. The molecule has 4 nitrogen and oxygen atoms in total. The van der Waals surface area contributed by atoms with Crippen molar-refractivity contribution in [3.8, 4) is 21.8 Å². The van der Waals surface area contributed by atoms with E-state index in [1.165, 1.54) is 4.88 Å². The van der Waals surface area contributed by atoms with Gasteiger partial charge in [-0.05, 0) is 37.3 Å². The Labute approximate surface area is 176 Å². The summed E-state index contributed by atoms with van der Waals surface area (Å²) in [4.78, 5) is 10.5. The summed E-state index contributed by atoms with van der Waals surface area (Å²) in [5.41, 5.74) is 5.54. The predicted molar refractivity (Wildman–Crippen MR) is 120 cm³/mol. The topological polar surface area (TPSA) is 51.0 Å². The number of aromatic nitrogens is 2. The lowest BCUT2D eigenvalue weighted by Gasteiger charge is -2.03. The summed E-state index contributed by atoms with van der Waals surface area (Å²) in [5.74, 6) is 0. The molecular weight excluding hydrogens is 402 g/mol. The number of rotatable bonds is 4. The van der Waals surface area contributed by atoms with Crippen LogP contribution in [-0.2, 0) is 0 Å². The molecular formula is C23H16ClN3OS. The van der Waals surface area contributed by atoms with Crippen molar-refractivity contribution < 1.29 is 4.42 Å². The van der Waals surface area contributed by atoms with Gasteiger partial charge in [-0.3, -0.25) is 0 Å². The fourth-order valence-electron chi connectivity index (χ4n) is 3.16. The molecule has 2 heterocycles. The first kappa shape index (κ1) is 17.9. The molecule has 0 bridgehead atoms. The summed E-state index contributed by atoms with van der Waals surface area (Å²) < 4.78 is 5.72. The Morgan fingerprint density at radius 2 is 1.69 bits per heavy atom. The smallest absolute Gasteiger partial charge is 0.300 e. The molecule has 0 radical (unpaired) electrons. The van der Waals surface area contributed by atoms with Crippen LogP contribution in [-0.4, -0.2) is 9.97 Å². The van der Waals surface area contributed by atoms with Crippen molar-refractivity contribution in [2.75, 3.05) is 5.32 Å². The number of halogens is 1. The van der Waals surface area contributed by atoms with Crippen molar-refractivity contribution in [1.82, 2.24) is 9.97 Å². The Morgan fingerprint density at radius 1 is 0.897 bits per heavy atom. The van der Waals surface area contributed by atoms with Crippen molar-refractivity contribution in [2.45, 2.75) is 6.92 Å². The first-order valence-corrected chi connectivity index (χ1v) is 10.3. The third kappa shape index (κ3) is 3.62. The van der Waals surface area contributed by atoms with Gasteiger partial charge in [0.2, 0.25) is 0 Å². The van der Waals surface area contributed by atoms with Crippen LogP contribution in [0.25, 0.3) is 32.9 Å². The van der Waals surface area contributed by atoms with Crippen molar-refractivity contribution >= 4 is 45.7 Å². The Bertz CT molecular complexity index is 1290. The molecule has 0 saturated carbocycles. The molecule has 0 aliphatic carbocycles. The van der Waals surface area contributed by atoms with Crippen LogP contribution < -0.4 is 5.32 Å². The standard InChI is InChI=1S/C23H16ClN3OS/c1-14-21(27-22(29-14)16-5-3-2-4-6-16)15-7-10-18(11-8-15)25-23-26-19-13-17(24)9-12-20(19)28-23/h2-13H,1H3,(H,25,26).